The number of halogens is 2. The average molecular weight is 611 g/mol. The lowest BCUT2D eigenvalue weighted by Crippen LogP contribution is -2.27. The summed E-state index contributed by atoms with van der Waals surface area (Å²) in [4.78, 5) is 36.1. The van der Waals surface area contributed by atoms with Crippen LogP contribution in [0.15, 0.2) is 78.1 Å². The molecular formula is C31H24Cl2N8O2. The third kappa shape index (κ3) is 5.78. The molecule has 4 heterocycles. The van der Waals surface area contributed by atoms with Gasteiger partial charge in [0.2, 0.25) is 5.91 Å². The number of rotatable bonds is 3. The number of nitrogens with zero attached hydrogens (tertiary/aromatic N) is 7. The van der Waals surface area contributed by atoms with Gasteiger partial charge in [0.25, 0.3) is 5.56 Å². The Morgan fingerprint density at radius 1 is 1.00 bits per heavy atom. The van der Waals surface area contributed by atoms with E-state index in [4.69, 9.17) is 23.2 Å². The Balaban J connectivity index is 1.44. The number of benzene rings is 2. The van der Waals surface area contributed by atoms with Gasteiger partial charge in [-0.05, 0) is 60.9 Å². The zero-order valence-corrected chi connectivity index (χ0v) is 24.4. The standard InChI is InChI=1S/C31H24Cl2N8O2/c1-18-3-2-4-28(26-12-20(9-10-35-26)22-7-5-19(15-34)11-25(22)37-31(18)43)40-17-36-24(14-30(40)42)23-13-21(32)6-8-27(23)41-16-29(33)38-39-41/h5-14,16-18,28H,2-4H2,1H3,(H,37,43)/t18-,28+/m1/s1. The van der Waals surface area contributed by atoms with Gasteiger partial charge in [0.15, 0.2) is 5.15 Å². The van der Waals surface area contributed by atoms with Crippen molar-refractivity contribution in [3.63, 3.8) is 0 Å². The molecule has 1 aliphatic rings. The van der Waals surface area contributed by atoms with Crippen LogP contribution in [0.4, 0.5) is 5.69 Å². The van der Waals surface area contributed by atoms with Gasteiger partial charge in [-0.3, -0.25) is 19.1 Å². The second-order valence-electron chi connectivity index (χ2n) is 10.3. The molecule has 214 valence electrons. The van der Waals surface area contributed by atoms with Crippen molar-refractivity contribution >= 4 is 34.8 Å². The molecule has 0 saturated carbocycles. The van der Waals surface area contributed by atoms with Crippen molar-refractivity contribution in [2.24, 2.45) is 5.92 Å². The molecule has 0 fully saturated rings. The summed E-state index contributed by atoms with van der Waals surface area (Å²) in [5.41, 5.74) is 4.57. The summed E-state index contributed by atoms with van der Waals surface area (Å²) in [6, 6.07) is 17.3. The van der Waals surface area contributed by atoms with E-state index in [1.54, 1.807) is 47.3 Å². The number of carbonyl (C=O) groups is 1. The smallest absolute Gasteiger partial charge is 0.254 e. The number of hydrogen-bond donors (Lipinski definition) is 1. The summed E-state index contributed by atoms with van der Waals surface area (Å²) >= 11 is 12.3. The molecular weight excluding hydrogens is 587 g/mol. The highest BCUT2D eigenvalue weighted by molar-refractivity contribution is 6.31. The van der Waals surface area contributed by atoms with Gasteiger partial charge in [0.1, 0.15) is 0 Å². The highest BCUT2D eigenvalue weighted by Gasteiger charge is 2.23. The normalized spacial score (nSPS) is 16.7. The minimum Gasteiger partial charge on any atom is -0.325 e. The first-order chi connectivity index (χ1) is 20.8. The predicted molar refractivity (Wildman–Crippen MR) is 163 cm³/mol. The molecule has 0 radical (unpaired) electrons. The summed E-state index contributed by atoms with van der Waals surface area (Å²) in [5.74, 6) is -0.411. The molecule has 6 rings (SSSR count). The molecule has 12 heteroatoms. The Morgan fingerprint density at radius 2 is 1.86 bits per heavy atom. The van der Waals surface area contributed by atoms with Crippen molar-refractivity contribution in [1.82, 2.24) is 29.5 Å². The maximum Gasteiger partial charge on any atom is 0.254 e. The second-order valence-corrected chi connectivity index (χ2v) is 11.2. The Kier molecular flexibility index (Phi) is 7.76. The molecule has 10 nitrogen and oxygen atoms in total. The summed E-state index contributed by atoms with van der Waals surface area (Å²) in [6.07, 6.45) is 6.58. The molecule has 2 atom stereocenters. The number of amides is 1. The predicted octanol–water partition coefficient (Wildman–Crippen LogP) is 6.08. The molecule has 0 unspecified atom stereocenters. The second kappa shape index (κ2) is 11.8. The van der Waals surface area contributed by atoms with Crippen LogP contribution in [0.2, 0.25) is 10.2 Å². The van der Waals surface area contributed by atoms with Crippen molar-refractivity contribution in [2.75, 3.05) is 5.32 Å². The van der Waals surface area contributed by atoms with Crippen molar-refractivity contribution in [1.29, 1.82) is 5.26 Å². The minimum absolute atomic E-state index is 0.128. The molecule has 1 N–H and O–H groups in total. The summed E-state index contributed by atoms with van der Waals surface area (Å²) in [5, 5.41) is 21.0. The van der Waals surface area contributed by atoms with Gasteiger partial charge in [-0.25, -0.2) is 9.67 Å². The molecule has 43 heavy (non-hydrogen) atoms. The third-order valence-corrected chi connectivity index (χ3v) is 7.93. The fraction of sp³-hybridized carbons (Fsp3) is 0.194. The quantitative estimate of drug-likeness (QED) is 0.262. The van der Waals surface area contributed by atoms with E-state index in [1.807, 2.05) is 25.1 Å². The van der Waals surface area contributed by atoms with E-state index in [9.17, 15) is 14.9 Å². The molecule has 2 bridgehead atoms. The third-order valence-electron chi connectivity index (χ3n) is 7.52. The van der Waals surface area contributed by atoms with E-state index in [0.717, 1.165) is 11.1 Å². The Bertz CT molecular complexity index is 1960. The fourth-order valence-electron chi connectivity index (χ4n) is 5.27. The van der Waals surface area contributed by atoms with Gasteiger partial charge in [-0.15, -0.1) is 5.10 Å². The van der Waals surface area contributed by atoms with Crippen molar-refractivity contribution in [2.45, 2.75) is 32.2 Å². The van der Waals surface area contributed by atoms with Crippen LogP contribution in [0.5, 0.6) is 0 Å². The van der Waals surface area contributed by atoms with E-state index in [-0.39, 0.29) is 22.5 Å². The maximum atomic E-state index is 13.7. The lowest BCUT2D eigenvalue weighted by atomic mass is 9.95. The zero-order valence-electron chi connectivity index (χ0n) is 22.9. The SMILES string of the molecule is C[C@@H]1CCC[C@H](n2cnc(-c3cc(Cl)ccc3-n3cc(Cl)nn3)cc2=O)c2cc(ccn2)-c2ccc(C#N)cc2NC1=O. The van der Waals surface area contributed by atoms with Crippen LogP contribution in [-0.2, 0) is 4.79 Å². The van der Waals surface area contributed by atoms with E-state index in [2.05, 4.69) is 31.7 Å². The van der Waals surface area contributed by atoms with Gasteiger partial charge < -0.3 is 5.32 Å². The van der Waals surface area contributed by atoms with Crippen molar-refractivity contribution in [3.05, 3.63) is 105 Å². The first-order valence-corrected chi connectivity index (χ1v) is 14.3. The van der Waals surface area contributed by atoms with Crippen LogP contribution in [0.25, 0.3) is 28.1 Å². The van der Waals surface area contributed by atoms with E-state index in [1.165, 1.54) is 17.1 Å². The largest absolute Gasteiger partial charge is 0.325 e. The van der Waals surface area contributed by atoms with E-state index < -0.39 is 6.04 Å². The van der Waals surface area contributed by atoms with E-state index in [0.29, 0.717) is 58.2 Å². The minimum atomic E-state index is -0.432. The highest BCUT2D eigenvalue weighted by Crippen LogP contribution is 2.34. The van der Waals surface area contributed by atoms with E-state index >= 15 is 0 Å². The van der Waals surface area contributed by atoms with Crippen LogP contribution in [0.3, 0.4) is 0 Å². The molecule has 1 amide bonds. The first-order valence-electron chi connectivity index (χ1n) is 13.6. The van der Waals surface area contributed by atoms with Gasteiger partial charge >= 0.3 is 0 Å². The Hall–Kier alpha value is -4.85. The molecule has 0 spiro atoms. The molecule has 1 aliphatic heterocycles. The highest BCUT2D eigenvalue weighted by atomic mass is 35.5. The molecule has 0 aliphatic carbocycles. The number of nitriles is 1. The van der Waals surface area contributed by atoms with Crippen molar-refractivity contribution < 1.29 is 4.79 Å². The summed E-state index contributed by atoms with van der Waals surface area (Å²) in [6.45, 7) is 1.87. The first kappa shape index (κ1) is 28.3. The van der Waals surface area contributed by atoms with Crippen LogP contribution in [0.1, 0.15) is 43.5 Å². The summed E-state index contributed by atoms with van der Waals surface area (Å²) in [7, 11) is 0. The van der Waals surface area contributed by atoms with Crippen molar-refractivity contribution in [3.8, 4) is 34.1 Å². The number of aromatic nitrogens is 6. The summed E-state index contributed by atoms with van der Waals surface area (Å²) < 4.78 is 3.07. The Morgan fingerprint density at radius 3 is 2.63 bits per heavy atom. The zero-order chi connectivity index (χ0) is 30.1. The molecule has 3 aromatic heterocycles. The monoisotopic (exact) mass is 610 g/mol. The molecule has 2 aromatic carbocycles. The number of pyridine rings is 1. The van der Waals surface area contributed by atoms with Gasteiger partial charge in [-0.1, -0.05) is 47.8 Å². The van der Waals surface area contributed by atoms with Crippen LogP contribution in [-0.4, -0.2) is 35.4 Å². The fourth-order valence-corrected chi connectivity index (χ4v) is 5.57. The molecule has 5 aromatic rings. The lowest BCUT2D eigenvalue weighted by molar-refractivity contribution is -0.119. The van der Waals surface area contributed by atoms with Crippen LogP contribution < -0.4 is 10.9 Å². The van der Waals surface area contributed by atoms with Gasteiger partial charge in [-0.2, -0.15) is 5.26 Å². The average Bonchev–Trinajstić information content (AvgIpc) is 3.44. The number of carbonyl (C=O) groups excluding carboxylic acids is 1. The number of nitrogens with one attached hydrogen (secondary N) is 1. The maximum absolute atomic E-state index is 13.7. The van der Waals surface area contributed by atoms with Gasteiger partial charge in [0, 0.05) is 40.0 Å². The van der Waals surface area contributed by atoms with Gasteiger partial charge in [0.05, 0.1) is 47.3 Å². The lowest BCUT2D eigenvalue weighted by Gasteiger charge is -2.23. The number of anilines is 1. The van der Waals surface area contributed by atoms with Crippen LogP contribution >= 0.6 is 23.2 Å². The number of fused-ring (bicyclic) bond motifs is 4. The topological polar surface area (TPSA) is 131 Å². The number of hydrogen-bond acceptors (Lipinski definition) is 7. The van der Waals surface area contributed by atoms with Crippen LogP contribution in [0, 0.1) is 17.2 Å². The Labute approximate surface area is 256 Å². The molecule has 0 saturated heterocycles.